The molecule has 5 nitrogen and oxygen atoms in total. The molecule has 0 fully saturated rings. The van der Waals surface area contributed by atoms with Gasteiger partial charge < -0.3 is 5.73 Å². The first-order chi connectivity index (χ1) is 9.89. The first-order valence-electron chi connectivity index (χ1n) is 6.02. The number of aryl methyl sites for hydroxylation is 1. The highest BCUT2D eigenvalue weighted by Gasteiger charge is 2.35. The molecule has 8 heteroatoms. The zero-order chi connectivity index (χ0) is 15.2. The van der Waals surface area contributed by atoms with Gasteiger partial charge in [-0.2, -0.15) is 18.3 Å². The number of halogens is 3. The van der Waals surface area contributed by atoms with Crippen LogP contribution in [0.5, 0.6) is 0 Å². The molecular formula is C13H10F3N5. The van der Waals surface area contributed by atoms with Gasteiger partial charge in [0.2, 0.25) is 0 Å². The smallest absolute Gasteiger partial charge is 0.397 e. The Morgan fingerprint density at radius 1 is 1.10 bits per heavy atom. The van der Waals surface area contributed by atoms with Crippen molar-refractivity contribution in [2.45, 2.75) is 13.1 Å². The molecule has 0 saturated carbocycles. The molecular weight excluding hydrogens is 283 g/mol. The lowest BCUT2D eigenvalue weighted by atomic mass is 10.2. The quantitative estimate of drug-likeness (QED) is 0.749. The number of alkyl halides is 3. The summed E-state index contributed by atoms with van der Waals surface area (Å²) in [5.74, 6) is -0.292. The zero-order valence-electron chi connectivity index (χ0n) is 10.9. The number of hydrogen-bond acceptors (Lipinski definition) is 4. The number of nitrogens with zero attached hydrogens (tertiary/aromatic N) is 4. The maximum Gasteiger partial charge on any atom is 0.420 e. The van der Waals surface area contributed by atoms with Gasteiger partial charge in [-0.15, -0.1) is 0 Å². The van der Waals surface area contributed by atoms with Crippen molar-refractivity contribution in [2.75, 3.05) is 5.73 Å². The Balaban J connectivity index is 2.32. The molecule has 3 rings (SSSR count). The average Bonchev–Trinajstić information content (AvgIpc) is 2.77. The van der Waals surface area contributed by atoms with Crippen molar-refractivity contribution in [1.82, 2.24) is 19.7 Å². The van der Waals surface area contributed by atoms with Crippen molar-refractivity contribution < 1.29 is 13.2 Å². The van der Waals surface area contributed by atoms with Crippen LogP contribution in [-0.4, -0.2) is 19.7 Å². The van der Waals surface area contributed by atoms with E-state index in [-0.39, 0.29) is 5.82 Å². The summed E-state index contributed by atoms with van der Waals surface area (Å²) in [5, 5.41) is 4.12. The molecule has 0 atom stereocenters. The Bertz CT molecular complexity index is 822. The lowest BCUT2D eigenvalue weighted by molar-refractivity contribution is -0.137. The van der Waals surface area contributed by atoms with E-state index in [1.54, 1.807) is 13.0 Å². The molecule has 0 spiro atoms. The first kappa shape index (κ1) is 13.3. The fourth-order valence-electron chi connectivity index (χ4n) is 2.11. The van der Waals surface area contributed by atoms with Crippen LogP contribution < -0.4 is 5.73 Å². The van der Waals surface area contributed by atoms with Crippen LogP contribution in [0.15, 0.2) is 30.6 Å². The number of rotatable bonds is 1. The fraction of sp³-hybridized carbons (Fsp3) is 0.154. The summed E-state index contributed by atoms with van der Waals surface area (Å²) in [6.45, 7) is 1.62. The second-order valence-corrected chi connectivity index (χ2v) is 4.47. The second-order valence-electron chi connectivity index (χ2n) is 4.47. The molecule has 0 saturated heterocycles. The molecule has 0 aromatic carbocycles. The van der Waals surface area contributed by atoms with Crippen molar-refractivity contribution in [3.8, 4) is 5.82 Å². The van der Waals surface area contributed by atoms with E-state index in [0.717, 1.165) is 10.7 Å². The highest BCUT2D eigenvalue weighted by Crippen LogP contribution is 2.33. The van der Waals surface area contributed by atoms with Crippen LogP contribution in [0.1, 0.15) is 11.3 Å². The normalized spacial score (nSPS) is 12.0. The van der Waals surface area contributed by atoms with E-state index in [1.165, 1.54) is 18.5 Å². The molecule has 0 bridgehead atoms. The van der Waals surface area contributed by atoms with E-state index in [0.29, 0.717) is 22.4 Å². The maximum absolute atomic E-state index is 13.1. The van der Waals surface area contributed by atoms with Crippen LogP contribution in [0, 0.1) is 6.92 Å². The van der Waals surface area contributed by atoms with Gasteiger partial charge in [-0.3, -0.25) is 4.98 Å². The Hall–Kier alpha value is -2.64. The molecule has 0 aliphatic heterocycles. The largest absolute Gasteiger partial charge is 0.420 e. The third-order valence-electron chi connectivity index (χ3n) is 3.11. The molecule has 0 aliphatic carbocycles. The van der Waals surface area contributed by atoms with Crippen LogP contribution in [0.3, 0.4) is 0 Å². The second kappa shape index (κ2) is 4.44. The summed E-state index contributed by atoms with van der Waals surface area (Å²) in [4.78, 5) is 7.92. The maximum atomic E-state index is 13.1. The van der Waals surface area contributed by atoms with E-state index in [9.17, 15) is 13.2 Å². The molecule has 21 heavy (non-hydrogen) atoms. The molecule has 0 amide bonds. The summed E-state index contributed by atoms with van der Waals surface area (Å²) in [7, 11) is 0. The lowest BCUT2D eigenvalue weighted by Gasteiger charge is -2.12. The minimum Gasteiger partial charge on any atom is -0.397 e. The topological polar surface area (TPSA) is 69.6 Å². The Kier molecular flexibility index (Phi) is 2.82. The van der Waals surface area contributed by atoms with Crippen molar-refractivity contribution in [3.05, 3.63) is 41.9 Å². The van der Waals surface area contributed by atoms with Crippen LogP contribution in [-0.2, 0) is 6.18 Å². The minimum atomic E-state index is -4.52. The highest BCUT2D eigenvalue weighted by atomic mass is 19.4. The molecule has 0 radical (unpaired) electrons. The number of nitrogens with two attached hydrogens (primary N) is 1. The van der Waals surface area contributed by atoms with Gasteiger partial charge in [-0.25, -0.2) is 9.67 Å². The number of pyridine rings is 2. The molecule has 3 aromatic heterocycles. The predicted molar refractivity (Wildman–Crippen MR) is 70.8 cm³/mol. The van der Waals surface area contributed by atoms with Gasteiger partial charge >= 0.3 is 6.18 Å². The summed E-state index contributed by atoms with van der Waals surface area (Å²) in [6, 6.07) is 3.74. The standard InChI is InChI=1S/C13H10F3N5/c1-7-10-11(9(17)4-6-18-10)20-21(7)12-8(13(14,15)16)3-2-5-19-12/h2-6H,17H2,1H3. The van der Waals surface area contributed by atoms with Gasteiger partial charge in [0.25, 0.3) is 0 Å². The number of aromatic nitrogens is 4. The molecule has 108 valence electrons. The van der Waals surface area contributed by atoms with Crippen molar-refractivity contribution in [2.24, 2.45) is 0 Å². The van der Waals surface area contributed by atoms with E-state index >= 15 is 0 Å². The average molecular weight is 293 g/mol. The first-order valence-corrected chi connectivity index (χ1v) is 6.02. The fourth-order valence-corrected chi connectivity index (χ4v) is 2.11. The van der Waals surface area contributed by atoms with Crippen LogP contribution >= 0.6 is 0 Å². The predicted octanol–water partition coefficient (Wildman–Crippen LogP) is 2.72. The summed E-state index contributed by atoms with van der Waals surface area (Å²) in [5.41, 5.74) is 6.53. The SMILES string of the molecule is Cc1c2nccc(N)c2nn1-c1ncccc1C(F)(F)F. The molecule has 2 N–H and O–H groups in total. The summed E-state index contributed by atoms with van der Waals surface area (Å²) in [6.07, 6.45) is -1.75. The van der Waals surface area contributed by atoms with Crippen molar-refractivity contribution in [1.29, 1.82) is 0 Å². The van der Waals surface area contributed by atoms with Crippen LogP contribution in [0.2, 0.25) is 0 Å². The number of hydrogen-bond donors (Lipinski definition) is 1. The Morgan fingerprint density at radius 2 is 1.86 bits per heavy atom. The van der Waals surface area contributed by atoms with E-state index in [2.05, 4.69) is 15.1 Å². The van der Waals surface area contributed by atoms with E-state index in [4.69, 9.17) is 5.73 Å². The molecule has 0 unspecified atom stereocenters. The molecule has 3 heterocycles. The van der Waals surface area contributed by atoms with Crippen LogP contribution in [0.25, 0.3) is 16.9 Å². The van der Waals surface area contributed by atoms with E-state index < -0.39 is 11.7 Å². The number of anilines is 1. The third-order valence-corrected chi connectivity index (χ3v) is 3.11. The highest BCUT2D eigenvalue weighted by molar-refractivity contribution is 5.88. The minimum absolute atomic E-state index is 0.292. The van der Waals surface area contributed by atoms with Gasteiger partial charge in [0.15, 0.2) is 5.82 Å². The Labute approximate surface area is 117 Å². The molecule has 0 aliphatic rings. The molecule has 3 aromatic rings. The number of fused-ring (bicyclic) bond motifs is 1. The van der Waals surface area contributed by atoms with Crippen molar-refractivity contribution in [3.63, 3.8) is 0 Å². The van der Waals surface area contributed by atoms with Gasteiger partial charge in [-0.05, 0) is 25.1 Å². The van der Waals surface area contributed by atoms with Gasteiger partial charge in [0.1, 0.15) is 16.6 Å². The summed E-state index contributed by atoms with van der Waals surface area (Å²) >= 11 is 0. The lowest BCUT2D eigenvalue weighted by Crippen LogP contribution is -2.13. The van der Waals surface area contributed by atoms with Crippen molar-refractivity contribution >= 4 is 16.7 Å². The Morgan fingerprint density at radius 3 is 2.52 bits per heavy atom. The summed E-state index contributed by atoms with van der Waals surface area (Å²) < 4.78 is 40.4. The van der Waals surface area contributed by atoms with Gasteiger partial charge in [0.05, 0.1) is 11.4 Å². The third kappa shape index (κ3) is 2.08. The number of nitrogen functional groups attached to an aromatic ring is 1. The van der Waals surface area contributed by atoms with Gasteiger partial charge in [0, 0.05) is 12.4 Å². The zero-order valence-corrected chi connectivity index (χ0v) is 10.9. The van der Waals surface area contributed by atoms with E-state index in [1.807, 2.05) is 0 Å². The monoisotopic (exact) mass is 293 g/mol. The van der Waals surface area contributed by atoms with Gasteiger partial charge in [-0.1, -0.05) is 0 Å². The van der Waals surface area contributed by atoms with Crippen LogP contribution in [0.4, 0.5) is 18.9 Å².